The molecule has 0 amide bonds. The van der Waals surface area contributed by atoms with E-state index < -0.39 is 17.9 Å². The van der Waals surface area contributed by atoms with Crippen LogP contribution < -0.4 is 14.4 Å². The summed E-state index contributed by atoms with van der Waals surface area (Å²) < 4.78 is 10.8. The number of anilines is 1. The molecule has 8 nitrogen and oxygen atoms in total. The Morgan fingerprint density at radius 3 is 2.25 bits per heavy atom. The summed E-state index contributed by atoms with van der Waals surface area (Å²) in [7, 11) is 1.49. The summed E-state index contributed by atoms with van der Waals surface area (Å²) in [6.07, 6.45) is 2.14. The molecule has 8 heteroatoms. The number of aromatic nitrogens is 1. The molecule has 0 spiro atoms. The molecule has 28 heavy (non-hydrogen) atoms. The summed E-state index contributed by atoms with van der Waals surface area (Å²) in [5.74, 6) is -0.431. The zero-order chi connectivity index (χ0) is 19.9. The lowest BCUT2D eigenvalue weighted by Crippen LogP contribution is -2.49. The highest BCUT2D eigenvalue weighted by molar-refractivity contribution is 6.01. The van der Waals surface area contributed by atoms with Crippen LogP contribution in [0.4, 0.5) is 5.69 Å². The van der Waals surface area contributed by atoms with E-state index in [0.717, 1.165) is 5.69 Å². The summed E-state index contributed by atoms with van der Waals surface area (Å²) >= 11 is 0. The van der Waals surface area contributed by atoms with Crippen LogP contribution in [0.1, 0.15) is 6.92 Å². The van der Waals surface area contributed by atoms with Crippen LogP contribution in [0.15, 0.2) is 48.8 Å². The molecule has 1 saturated heterocycles. The summed E-state index contributed by atoms with van der Waals surface area (Å²) in [5.41, 5.74) is 1.07. The molecule has 1 fully saturated rings. The Morgan fingerprint density at radius 1 is 1.00 bits per heavy atom. The second-order valence-corrected chi connectivity index (χ2v) is 6.29. The molecule has 1 aromatic heterocycles. The molecule has 0 N–H and O–H groups in total. The number of benzene rings is 1. The van der Waals surface area contributed by atoms with Gasteiger partial charge in [-0.1, -0.05) is 12.1 Å². The van der Waals surface area contributed by atoms with Crippen molar-refractivity contribution in [2.75, 3.05) is 38.2 Å². The number of nitrogens with zero attached hydrogens (tertiary/aromatic N) is 3. The second kappa shape index (κ2) is 9.18. The number of ether oxygens (including phenoxy) is 2. The summed E-state index contributed by atoms with van der Waals surface area (Å²) in [6, 6.07) is 10.7. The normalized spacial score (nSPS) is 15.6. The topological polar surface area (TPSA) is 81.2 Å². The van der Waals surface area contributed by atoms with Crippen LogP contribution in [-0.4, -0.2) is 61.2 Å². The van der Waals surface area contributed by atoms with Crippen LogP contribution >= 0.6 is 0 Å². The molecule has 0 aliphatic carbocycles. The lowest BCUT2D eigenvalue weighted by Gasteiger charge is -2.35. The lowest BCUT2D eigenvalue weighted by atomic mass is 10.2. The van der Waals surface area contributed by atoms with E-state index in [1.54, 1.807) is 41.7 Å². The Balaban J connectivity index is 1.58. The Morgan fingerprint density at radius 2 is 1.64 bits per heavy atom. The van der Waals surface area contributed by atoms with Gasteiger partial charge in [-0.2, -0.15) is 0 Å². The van der Waals surface area contributed by atoms with Crippen molar-refractivity contribution in [2.45, 2.75) is 13.0 Å². The molecule has 1 aliphatic heterocycles. The first-order chi connectivity index (χ1) is 13.6. The van der Waals surface area contributed by atoms with Crippen molar-refractivity contribution in [2.24, 2.45) is 0 Å². The molecule has 2 aromatic rings. The maximum absolute atomic E-state index is 12.5. The third kappa shape index (κ3) is 4.77. The highest BCUT2D eigenvalue weighted by atomic mass is 16.7. The van der Waals surface area contributed by atoms with Crippen molar-refractivity contribution in [3.8, 4) is 11.5 Å². The van der Waals surface area contributed by atoms with Crippen LogP contribution in [0.5, 0.6) is 11.5 Å². The highest BCUT2D eigenvalue weighted by Gasteiger charge is 2.31. The van der Waals surface area contributed by atoms with E-state index >= 15 is 0 Å². The quantitative estimate of drug-likeness (QED) is 0.667. The van der Waals surface area contributed by atoms with Gasteiger partial charge in [0.15, 0.2) is 17.3 Å². The molecule has 148 valence electrons. The number of rotatable bonds is 7. The number of hydrogen-bond acceptors (Lipinski definition) is 8. The number of ketones is 1. The molecule has 0 bridgehead atoms. The number of hydrogen-bond donors (Lipinski definition) is 0. The number of piperazine rings is 1. The molecule has 1 aliphatic rings. The smallest absolute Gasteiger partial charge is 0.374 e. The Bertz CT molecular complexity index is 806. The van der Waals surface area contributed by atoms with Crippen molar-refractivity contribution in [3.05, 3.63) is 48.8 Å². The Hall–Kier alpha value is -3.13. The minimum atomic E-state index is -1.35. The van der Waals surface area contributed by atoms with E-state index in [1.807, 2.05) is 12.1 Å². The van der Waals surface area contributed by atoms with Crippen LogP contribution in [-0.2, 0) is 14.4 Å². The SMILES string of the molecule is COc1ccccc1OC(C(C)=O)C(=O)ON1CCN(c2ccncc2)CC1. The molecule has 1 atom stereocenters. The van der Waals surface area contributed by atoms with Gasteiger partial charge in [-0.3, -0.25) is 9.78 Å². The molecule has 1 unspecified atom stereocenters. The predicted octanol–water partition coefficient (Wildman–Crippen LogP) is 1.71. The van der Waals surface area contributed by atoms with Gasteiger partial charge in [0.2, 0.25) is 0 Å². The number of carbonyl (C=O) groups is 2. The van der Waals surface area contributed by atoms with Crippen LogP contribution in [0.25, 0.3) is 0 Å². The van der Waals surface area contributed by atoms with Crippen molar-refractivity contribution >= 4 is 17.4 Å². The largest absolute Gasteiger partial charge is 0.493 e. The zero-order valence-electron chi connectivity index (χ0n) is 15.9. The summed E-state index contributed by atoms with van der Waals surface area (Å²) in [5, 5.41) is 1.56. The molecular weight excluding hydrogens is 362 g/mol. The van der Waals surface area contributed by atoms with Gasteiger partial charge in [-0.15, -0.1) is 5.06 Å². The number of methoxy groups -OCH3 is 1. The number of hydroxylamine groups is 2. The molecular formula is C20H23N3O5. The monoisotopic (exact) mass is 385 g/mol. The molecule has 2 heterocycles. The van der Waals surface area contributed by atoms with Gasteiger partial charge < -0.3 is 19.2 Å². The molecule has 3 rings (SSSR count). The van der Waals surface area contributed by atoms with E-state index in [2.05, 4.69) is 9.88 Å². The van der Waals surface area contributed by atoms with Gasteiger partial charge in [-0.25, -0.2) is 4.79 Å². The van der Waals surface area contributed by atoms with E-state index in [-0.39, 0.29) is 0 Å². The first-order valence-corrected chi connectivity index (χ1v) is 9.00. The van der Waals surface area contributed by atoms with Crippen molar-refractivity contribution < 1.29 is 23.9 Å². The van der Waals surface area contributed by atoms with Crippen molar-refractivity contribution in [1.82, 2.24) is 10.0 Å². The highest BCUT2D eigenvalue weighted by Crippen LogP contribution is 2.27. The molecule has 0 saturated carbocycles. The van der Waals surface area contributed by atoms with Gasteiger partial charge in [0.05, 0.1) is 20.2 Å². The Labute approximate surface area is 163 Å². The summed E-state index contributed by atoms with van der Waals surface area (Å²) in [4.78, 5) is 36.1. The fourth-order valence-corrected chi connectivity index (χ4v) is 2.91. The second-order valence-electron chi connectivity index (χ2n) is 6.29. The fourth-order valence-electron chi connectivity index (χ4n) is 2.91. The van der Waals surface area contributed by atoms with Gasteiger partial charge in [0.25, 0.3) is 6.10 Å². The van der Waals surface area contributed by atoms with E-state index in [9.17, 15) is 9.59 Å². The minimum Gasteiger partial charge on any atom is -0.493 e. The number of Topliss-reactive ketones (excluding diaryl/α,β-unsaturated/α-hetero) is 1. The Kier molecular flexibility index (Phi) is 6.44. The average molecular weight is 385 g/mol. The van der Waals surface area contributed by atoms with Gasteiger partial charge >= 0.3 is 5.97 Å². The van der Waals surface area contributed by atoms with Crippen LogP contribution in [0.3, 0.4) is 0 Å². The first-order valence-electron chi connectivity index (χ1n) is 9.00. The van der Waals surface area contributed by atoms with Gasteiger partial charge in [-0.05, 0) is 31.2 Å². The average Bonchev–Trinajstić information content (AvgIpc) is 2.73. The summed E-state index contributed by atoms with van der Waals surface area (Å²) in [6.45, 7) is 3.72. The van der Waals surface area contributed by atoms with Crippen molar-refractivity contribution in [3.63, 3.8) is 0 Å². The number of carbonyl (C=O) groups excluding carboxylic acids is 2. The molecule has 1 aromatic carbocycles. The fraction of sp³-hybridized carbons (Fsp3) is 0.350. The van der Waals surface area contributed by atoms with E-state index in [0.29, 0.717) is 37.7 Å². The third-order valence-corrected chi connectivity index (χ3v) is 4.38. The minimum absolute atomic E-state index is 0.310. The number of para-hydroxylation sites is 2. The number of pyridine rings is 1. The standard InChI is InChI=1S/C20H23N3O5/c1-15(24)19(27-18-6-4-3-5-17(18)26-2)20(25)28-23-13-11-22(12-14-23)16-7-9-21-10-8-16/h3-10,19H,11-14H2,1-2H3. The molecule has 0 radical (unpaired) electrons. The third-order valence-electron chi connectivity index (χ3n) is 4.38. The van der Waals surface area contributed by atoms with E-state index in [1.165, 1.54) is 14.0 Å². The van der Waals surface area contributed by atoms with E-state index in [4.69, 9.17) is 14.3 Å². The van der Waals surface area contributed by atoms with Crippen LogP contribution in [0, 0.1) is 0 Å². The zero-order valence-corrected chi connectivity index (χ0v) is 15.9. The maximum atomic E-state index is 12.5. The first kappa shape index (κ1) is 19.6. The van der Waals surface area contributed by atoms with Crippen LogP contribution in [0.2, 0.25) is 0 Å². The van der Waals surface area contributed by atoms with Gasteiger partial charge in [0.1, 0.15) is 0 Å². The van der Waals surface area contributed by atoms with Crippen molar-refractivity contribution in [1.29, 1.82) is 0 Å². The predicted molar refractivity (Wildman–Crippen MR) is 102 cm³/mol. The maximum Gasteiger partial charge on any atom is 0.374 e. The van der Waals surface area contributed by atoms with Gasteiger partial charge in [0, 0.05) is 31.2 Å². The lowest BCUT2D eigenvalue weighted by molar-refractivity contribution is -0.199.